The molecule has 422 valence electrons. The van der Waals surface area contributed by atoms with Gasteiger partial charge < -0.3 is 14.2 Å². The maximum Gasteiger partial charge on any atom is 0.119 e. The average Bonchev–Trinajstić information content (AvgIpc) is 1.68. The summed E-state index contributed by atoms with van der Waals surface area (Å²) >= 11 is 0. The Morgan fingerprint density at radius 1 is 0.419 bits per heavy atom. The molecule has 0 aliphatic heterocycles. The molecule has 0 bridgehead atoms. The number of nitrogens with zero attached hydrogens (tertiary/aromatic N) is 2. The fourth-order valence-electron chi connectivity index (χ4n) is 13.3. The Bertz CT molecular complexity index is 4340. The molecule has 3 nitrogen and oxygen atoms in total. The summed E-state index contributed by atoms with van der Waals surface area (Å²) in [5, 5.41) is 2.44. The van der Waals surface area contributed by atoms with Gasteiger partial charge in [0.05, 0.1) is 17.6 Å². The zero-order chi connectivity index (χ0) is 58.6. The van der Waals surface area contributed by atoms with Crippen molar-refractivity contribution in [3.8, 4) is 55.9 Å². The van der Waals surface area contributed by atoms with Crippen molar-refractivity contribution in [3.63, 3.8) is 0 Å². The van der Waals surface area contributed by atoms with Gasteiger partial charge in [-0.2, -0.15) is 0 Å². The number of anilines is 3. The molecule has 12 aromatic rings. The van der Waals surface area contributed by atoms with Crippen LogP contribution < -0.4 is 9.64 Å². The van der Waals surface area contributed by atoms with Crippen LogP contribution in [0.2, 0.25) is 0 Å². The molecular formula is C83H74N2O. The Labute approximate surface area is 508 Å². The number of hydrogen-bond donors (Lipinski definition) is 0. The largest absolute Gasteiger partial charge is 0.494 e. The van der Waals surface area contributed by atoms with Gasteiger partial charge in [0.25, 0.3) is 0 Å². The number of fused-ring (bicyclic) bond motifs is 6. The minimum absolute atomic E-state index is 0.0863. The first-order chi connectivity index (χ1) is 42.2. The zero-order valence-electron chi connectivity index (χ0n) is 49.9. The minimum Gasteiger partial charge on any atom is -0.494 e. The van der Waals surface area contributed by atoms with E-state index in [1.165, 1.54) is 102 Å². The van der Waals surface area contributed by atoms with E-state index in [1.807, 2.05) is 24.3 Å². The first-order valence-corrected chi connectivity index (χ1v) is 30.8. The van der Waals surface area contributed by atoms with Crippen LogP contribution in [-0.4, -0.2) is 11.2 Å². The van der Waals surface area contributed by atoms with Gasteiger partial charge in [0.1, 0.15) is 5.75 Å². The number of hydrogen-bond acceptors (Lipinski definition) is 2. The van der Waals surface area contributed by atoms with Crippen LogP contribution in [0.3, 0.4) is 0 Å². The smallest absolute Gasteiger partial charge is 0.119 e. The van der Waals surface area contributed by atoms with Crippen molar-refractivity contribution in [2.24, 2.45) is 0 Å². The van der Waals surface area contributed by atoms with Crippen LogP contribution in [0.5, 0.6) is 5.75 Å². The van der Waals surface area contributed by atoms with Gasteiger partial charge >= 0.3 is 0 Å². The monoisotopic (exact) mass is 1110 g/mol. The summed E-state index contributed by atoms with van der Waals surface area (Å²) < 4.78 is 8.49. The molecule has 3 heteroatoms. The Morgan fingerprint density at radius 2 is 0.884 bits per heavy atom. The summed E-state index contributed by atoms with van der Waals surface area (Å²) in [5.74, 6) is 0.926. The summed E-state index contributed by atoms with van der Waals surface area (Å²) in [6.45, 7) is 15.4. The number of ether oxygens (including phenoxy) is 1. The number of benzene rings is 11. The van der Waals surface area contributed by atoms with E-state index in [-0.39, 0.29) is 10.8 Å². The topological polar surface area (TPSA) is 17.4 Å². The van der Waals surface area contributed by atoms with Gasteiger partial charge in [-0.05, 0) is 181 Å². The molecule has 0 fully saturated rings. The van der Waals surface area contributed by atoms with Crippen molar-refractivity contribution in [1.29, 1.82) is 0 Å². The molecule has 0 amide bonds. The molecule has 0 saturated carbocycles. The van der Waals surface area contributed by atoms with E-state index >= 15 is 0 Å². The van der Waals surface area contributed by atoms with E-state index < -0.39 is 0 Å². The first-order valence-electron chi connectivity index (χ1n) is 30.8. The highest BCUT2D eigenvalue weighted by atomic mass is 16.5. The number of rotatable bonds is 20. The van der Waals surface area contributed by atoms with Crippen LogP contribution in [0.15, 0.2) is 274 Å². The summed E-state index contributed by atoms with van der Waals surface area (Å²) in [6, 6.07) is 96.8. The fraction of sp³-hybridized carbons (Fsp3) is 0.157. The van der Waals surface area contributed by atoms with E-state index in [9.17, 15) is 0 Å². The Morgan fingerprint density at radius 3 is 1.47 bits per heavy atom. The van der Waals surface area contributed by atoms with Crippen molar-refractivity contribution in [3.05, 3.63) is 307 Å². The summed E-state index contributed by atoms with van der Waals surface area (Å²) in [7, 11) is 0. The number of aromatic nitrogens is 1. The molecule has 0 spiro atoms. The van der Waals surface area contributed by atoms with Gasteiger partial charge in [-0.25, -0.2) is 0 Å². The lowest BCUT2D eigenvalue weighted by atomic mass is 9.69. The van der Waals surface area contributed by atoms with Gasteiger partial charge in [-0.1, -0.05) is 254 Å². The molecule has 86 heavy (non-hydrogen) atoms. The van der Waals surface area contributed by atoms with E-state index in [2.05, 4.69) is 292 Å². The Balaban J connectivity index is 0.855. The lowest BCUT2D eigenvalue weighted by molar-refractivity contribution is 0.304. The van der Waals surface area contributed by atoms with Crippen molar-refractivity contribution in [2.75, 3.05) is 11.5 Å². The van der Waals surface area contributed by atoms with Crippen LogP contribution >= 0.6 is 0 Å². The summed E-state index contributed by atoms with van der Waals surface area (Å²) in [4.78, 5) is 2.47. The SMILES string of the molecule is C=Cc1ccc(OCCCCCCCCC2(c3ccccc3)c3ccccc3-c3ccc(N(c4ccc(-c5ccc(C(C)(C)C)cc5)cc4)c4ccc(-c5ccc6c(c5)c5cc(-c7ccc(C=C)cc7)ccc5n6-c5ccccc5)cc4)cc32)cc1. The van der Waals surface area contributed by atoms with E-state index in [0.717, 1.165) is 77.5 Å². The molecule has 1 heterocycles. The predicted molar refractivity (Wildman–Crippen MR) is 367 cm³/mol. The third-order valence-corrected chi connectivity index (χ3v) is 17.9. The molecule has 0 saturated heterocycles. The van der Waals surface area contributed by atoms with E-state index in [1.54, 1.807) is 0 Å². The molecule has 13 rings (SSSR count). The molecule has 11 aromatic carbocycles. The molecule has 1 aromatic heterocycles. The maximum atomic E-state index is 6.09. The van der Waals surface area contributed by atoms with Crippen molar-refractivity contribution in [2.45, 2.75) is 76.5 Å². The zero-order valence-corrected chi connectivity index (χ0v) is 49.9. The second-order valence-corrected chi connectivity index (χ2v) is 24.3. The van der Waals surface area contributed by atoms with Crippen LogP contribution in [-0.2, 0) is 10.8 Å². The van der Waals surface area contributed by atoms with Crippen LogP contribution in [0.25, 0.3) is 84.2 Å². The van der Waals surface area contributed by atoms with Gasteiger partial charge in [-0.3, -0.25) is 0 Å². The van der Waals surface area contributed by atoms with Crippen LogP contribution in [0.1, 0.15) is 99.1 Å². The van der Waals surface area contributed by atoms with Gasteiger partial charge in [0.15, 0.2) is 0 Å². The molecule has 0 N–H and O–H groups in total. The van der Waals surface area contributed by atoms with Gasteiger partial charge in [-0.15, -0.1) is 0 Å². The number of para-hydroxylation sites is 1. The highest BCUT2D eigenvalue weighted by Gasteiger charge is 2.44. The second-order valence-electron chi connectivity index (χ2n) is 24.3. The quantitative estimate of drug-likeness (QED) is 0.0708. The highest BCUT2D eigenvalue weighted by molar-refractivity contribution is 6.11. The average molecular weight is 1120 g/mol. The fourth-order valence-corrected chi connectivity index (χ4v) is 13.3. The lowest BCUT2D eigenvalue weighted by Gasteiger charge is -2.34. The third-order valence-electron chi connectivity index (χ3n) is 17.9. The predicted octanol–water partition coefficient (Wildman–Crippen LogP) is 23.0. The molecule has 1 atom stereocenters. The van der Waals surface area contributed by atoms with Crippen LogP contribution in [0.4, 0.5) is 17.1 Å². The molecule has 1 aliphatic carbocycles. The summed E-state index contributed by atoms with van der Waals surface area (Å²) in [6.07, 6.45) is 11.7. The normalized spacial score (nSPS) is 13.6. The first kappa shape index (κ1) is 55.5. The second kappa shape index (κ2) is 24.1. The molecular weight excluding hydrogens is 1040 g/mol. The maximum absolute atomic E-state index is 6.09. The van der Waals surface area contributed by atoms with Gasteiger partial charge in [0.2, 0.25) is 0 Å². The molecule has 1 aliphatic rings. The van der Waals surface area contributed by atoms with Gasteiger partial charge in [0, 0.05) is 38.9 Å². The standard InChI is InChI=1S/C83H74N2O/c1-6-59-28-32-63(33-29-59)65-40-52-80-76(56-65)77-57-66(41-53-81(77)85(80)69-24-16-13-17-25-69)64-38-46-71(47-39-64)84(70-44-36-62(37-45-70)61-34-42-67(43-35-61)82(3,4)5)72-48-51-75-74-26-18-19-27-78(74)83(79(75)58-72,68-22-14-12-15-23-68)54-20-10-8-9-11-21-55-86-73-49-30-60(7-2)31-50-73/h6-7,12-19,22-53,56-58H,1-2,8-11,20-21,54-55H2,3-5H3. The highest BCUT2D eigenvalue weighted by Crippen LogP contribution is 2.56. The third kappa shape index (κ3) is 10.9. The van der Waals surface area contributed by atoms with E-state index in [4.69, 9.17) is 4.74 Å². The molecule has 0 radical (unpaired) electrons. The lowest BCUT2D eigenvalue weighted by Crippen LogP contribution is -2.27. The Hall–Kier alpha value is -9.70. The van der Waals surface area contributed by atoms with Crippen molar-refractivity contribution >= 4 is 51.0 Å². The Kier molecular flexibility index (Phi) is 15.6. The minimum atomic E-state index is -0.323. The van der Waals surface area contributed by atoms with E-state index in [0.29, 0.717) is 0 Å². The number of unbranched alkanes of at least 4 members (excludes halogenated alkanes) is 5. The van der Waals surface area contributed by atoms with Crippen molar-refractivity contribution in [1.82, 2.24) is 4.57 Å². The molecule has 1 unspecified atom stereocenters. The van der Waals surface area contributed by atoms with Crippen LogP contribution in [0, 0.1) is 0 Å². The summed E-state index contributed by atoms with van der Waals surface area (Å²) in [5.41, 5.74) is 24.1. The van der Waals surface area contributed by atoms with Crippen molar-refractivity contribution < 1.29 is 4.74 Å².